The Kier molecular flexibility index (Phi) is 7.21. The Hall–Kier alpha value is -1.44. The van der Waals surface area contributed by atoms with Crippen molar-refractivity contribution in [1.82, 2.24) is 9.80 Å². The second kappa shape index (κ2) is 8.68. The van der Waals surface area contributed by atoms with Crippen molar-refractivity contribution in [2.45, 2.75) is 6.54 Å². The Morgan fingerprint density at radius 3 is 2.70 bits per heavy atom. The van der Waals surface area contributed by atoms with Crippen molar-refractivity contribution in [3.8, 4) is 0 Å². The standard InChI is InChI=1S/C13H20N2O4S/c1-14(8-11-4-3-7-20-11)12(16)9-15(5-6-19-2)10-13(17)18/h3-4,7H,5-6,8-10H2,1-2H3,(H,17,18). The molecule has 0 fully saturated rings. The molecule has 1 rings (SSSR count). The fourth-order valence-electron chi connectivity index (χ4n) is 1.66. The van der Waals surface area contributed by atoms with E-state index in [1.807, 2.05) is 17.5 Å². The van der Waals surface area contributed by atoms with Crippen molar-refractivity contribution in [1.29, 1.82) is 0 Å². The van der Waals surface area contributed by atoms with Gasteiger partial charge in [-0.2, -0.15) is 0 Å². The normalized spacial score (nSPS) is 10.8. The van der Waals surface area contributed by atoms with E-state index in [4.69, 9.17) is 9.84 Å². The third kappa shape index (κ3) is 6.14. The van der Waals surface area contributed by atoms with Crippen molar-refractivity contribution < 1.29 is 19.4 Å². The first-order valence-corrected chi connectivity index (χ1v) is 7.10. The molecule has 0 aliphatic rings. The van der Waals surface area contributed by atoms with Crippen LogP contribution in [0.3, 0.4) is 0 Å². The molecule has 0 aliphatic heterocycles. The average molecular weight is 300 g/mol. The minimum atomic E-state index is -0.949. The molecule has 0 spiro atoms. The van der Waals surface area contributed by atoms with E-state index in [1.165, 1.54) is 0 Å². The minimum absolute atomic E-state index is 0.0809. The molecule has 0 aliphatic carbocycles. The molecule has 0 saturated heterocycles. The predicted octanol–water partition coefficient (Wildman–Crippen LogP) is 0.739. The van der Waals surface area contributed by atoms with Gasteiger partial charge in [-0.3, -0.25) is 14.5 Å². The van der Waals surface area contributed by atoms with Crippen molar-refractivity contribution in [2.75, 3.05) is 40.4 Å². The summed E-state index contributed by atoms with van der Waals surface area (Å²) in [5, 5.41) is 10.8. The van der Waals surface area contributed by atoms with Crippen LogP contribution in [0.15, 0.2) is 17.5 Å². The van der Waals surface area contributed by atoms with E-state index >= 15 is 0 Å². The Morgan fingerprint density at radius 1 is 1.40 bits per heavy atom. The molecule has 1 aromatic rings. The van der Waals surface area contributed by atoms with Crippen molar-refractivity contribution in [2.24, 2.45) is 0 Å². The molecule has 7 heteroatoms. The van der Waals surface area contributed by atoms with Gasteiger partial charge in [0, 0.05) is 25.6 Å². The number of carboxylic acids is 1. The Balaban J connectivity index is 2.48. The summed E-state index contributed by atoms with van der Waals surface area (Å²) in [4.78, 5) is 27.1. The van der Waals surface area contributed by atoms with Crippen LogP contribution >= 0.6 is 11.3 Å². The lowest BCUT2D eigenvalue weighted by Gasteiger charge is -2.23. The van der Waals surface area contributed by atoms with E-state index in [0.29, 0.717) is 19.7 Å². The lowest BCUT2D eigenvalue weighted by molar-refractivity contribution is -0.139. The maximum absolute atomic E-state index is 12.1. The third-order valence-electron chi connectivity index (χ3n) is 2.73. The van der Waals surface area contributed by atoms with Gasteiger partial charge in [-0.15, -0.1) is 11.3 Å². The van der Waals surface area contributed by atoms with E-state index in [0.717, 1.165) is 4.88 Å². The van der Waals surface area contributed by atoms with Crippen LogP contribution in [0.1, 0.15) is 4.88 Å². The molecule has 112 valence electrons. The highest BCUT2D eigenvalue weighted by atomic mass is 32.1. The van der Waals surface area contributed by atoms with Gasteiger partial charge in [0.1, 0.15) is 0 Å². The maximum atomic E-state index is 12.1. The van der Waals surface area contributed by atoms with Crippen molar-refractivity contribution in [3.05, 3.63) is 22.4 Å². The first-order chi connectivity index (χ1) is 9.52. The van der Waals surface area contributed by atoms with Crippen LogP contribution in [-0.4, -0.2) is 67.2 Å². The topological polar surface area (TPSA) is 70.1 Å². The van der Waals surface area contributed by atoms with Crippen LogP contribution in [0.4, 0.5) is 0 Å². The van der Waals surface area contributed by atoms with Crippen LogP contribution in [0.2, 0.25) is 0 Å². The lowest BCUT2D eigenvalue weighted by atomic mass is 10.3. The molecular formula is C13H20N2O4S. The monoisotopic (exact) mass is 300 g/mol. The number of carbonyl (C=O) groups excluding carboxylic acids is 1. The molecule has 6 nitrogen and oxygen atoms in total. The Bertz CT molecular complexity index is 422. The molecule has 1 amide bonds. The van der Waals surface area contributed by atoms with Gasteiger partial charge in [0.05, 0.1) is 26.2 Å². The molecule has 1 aromatic heterocycles. The van der Waals surface area contributed by atoms with Gasteiger partial charge in [-0.25, -0.2) is 0 Å². The number of methoxy groups -OCH3 is 1. The third-order valence-corrected chi connectivity index (χ3v) is 3.59. The number of hydrogen-bond donors (Lipinski definition) is 1. The van der Waals surface area contributed by atoms with E-state index in [2.05, 4.69) is 0 Å². The molecule has 20 heavy (non-hydrogen) atoms. The number of amides is 1. The Labute approximate surface area is 122 Å². The summed E-state index contributed by atoms with van der Waals surface area (Å²) in [5.74, 6) is -1.05. The summed E-state index contributed by atoms with van der Waals surface area (Å²) in [5.41, 5.74) is 0. The summed E-state index contributed by atoms with van der Waals surface area (Å²) in [6.45, 7) is 1.28. The first kappa shape index (κ1) is 16.6. The van der Waals surface area contributed by atoms with Crippen LogP contribution in [0.5, 0.6) is 0 Å². The second-order valence-electron chi connectivity index (χ2n) is 4.43. The number of aliphatic carboxylic acids is 1. The SMILES string of the molecule is COCCN(CC(=O)O)CC(=O)N(C)Cc1cccs1. The highest BCUT2D eigenvalue weighted by molar-refractivity contribution is 7.09. The summed E-state index contributed by atoms with van der Waals surface area (Å²) in [7, 11) is 3.26. The number of ether oxygens (including phenoxy) is 1. The molecular weight excluding hydrogens is 280 g/mol. The zero-order valence-corrected chi connectivity index (χ0v) is 12.6. The first-order valence-electron chi connectivity index (χ1n) is 6.22. The zero-order chi connectivity index (χ0) is 15.0. The number of thiophene rings is 1. The molecule has 0 bridgehead atoms. The molecule has 0 atom stereocenters. The van der Waals surface area contributed by atoms with Gasteiger partial charge in [-0.1, -0.05) is 6.07 Å². The fourth-order valence-corrected chi connectivity index (χ4v) is 2.42. The second-order valence-corrected chi connectivity index (χ2v) is 5.46. The summed E-state index contributed by atoms with van der Waals surface area (Å²) in [6, 6.07) is 3.90. The van der Waals surface area contributed by atoms with Crippen LogP contribution in [0.25, 0.3) is 0 Å². The molecule has 1 N–H and O–H groups in total. The van der Waals surface area contributed by atoms with Gasteiger partial charge < -0.3 is 14.7 Å². The highest BCUT2D eigenvalue weighted by Crippen LogP contribution is 2.11. The van der Waals surface area contributed by atoms with E-state index in [1.54, 1.807) is 35.3 Å². The van der Waals surface area contributed by atoms with E-state index < -0.39 is 5.97 Å². The molecule has 0 radical (unpaired) electrons. The van der Waals surface area contributed by atoms with Crippen LogP contribution in [-0.2, 0) is 20.9 Å². The van der Waals surface area contributed by atoms with E-state index in [-0.39, 0.29) is 19.0 Å². The number of carbonyl (C=O) groups is 2. The summed E-state index contributed by atoms with van der Waals surface area (Å²) >= 11 is 1.59. The van der Waals surface area contributed by atoms with E-state index in [9.17, 15) is 9.59 Å². The van der Waals surface area contributed by atoms with Crippen LogP contribution in [0, 0.1) is 0 Å². The predicted molar refractivity (Wildman–Crippen MR) is 76.7 cm³/mol. The molecule has 0 saturated carbocycles. The fraction of sp³-hybridized carbons (Fsp3) is 0.538. The van der Waals surface area contributed by atoms with Gasteiger partial charge in [0.25, 0.3) is 0 Å². The number of nitrogens with zero attached hydrogens (tertiary/aromatic N) is 2. The smallest absolute Gasteiger partial charge is 0.317 e. The zero-order valence-electron chi connectivity index (χ0n) is 11.7. The van der Waals surface area contributed by atoms with Crippen LogP contribution < -0.4 is 0 Å². The van der Waals surface area contributed by atoms with Crippen molar-refractivity contribution >= 4 is 23.2 Å². The number of rotatable bonds is 9. The van der Waals surface area contributed by atoms with Crippen molar-refractivity contribution in [3.63, 3.8) is 0 Å². The number of hydrogen-bond acceptors (Lipinski definition) is 5. The lowest BCUT2D eigenvalue weighted by Crippen LogP contribution is -2.41. The molecule has 0 unspecified atom stereocenters. The molecule has 1 heterocycles. The average Bonchev–Trinajstić information content (AvgIpc) is 2.87. The largest absolute Gasteiger partial charge is 0.480 e. The molecule has 0 aromatic carbocycles. The quantitative estimate of drug-likeness (QED) is 0.728. The van der Waals surface area contributed by atoms with Gasteiger partial charge in [0.15, 0.2) is 0 Å². The summed E-state index contributed by atoms with van der Waals surface area (Å²) in [6.07, 6.45) is 0. The number of carboxylic acid groups (broad SMARTS) is 1. The minimum Gasteiger partial charge on any atom is -0.480 e. The van der Waals surface area contributed by atoms with Gasteiger partial charge >= 0.3 is 5.97 Å². The highest BCUT2D eigenvalue weighted by Gasteiger charge is 2.17. The summed E-state index contributed by atoms with van der Waals surface area (Å²) < 4.78 is 4.92. The number of likely N-dealkylation sites (N-methyl/N-ethyl adjacent to an activating group) is 1. The maximum Gasteiger partial charge on any atom is 0.317 e. The van der Waals surface area contributed by atoms with Gasteiger partial charge in [-0.05, 0) is 11.4 Å². The Morgan fingerprint density at radius 2 is 2.15 bits per heavy atom. The van der Waals surface area contributed by atoms with Gasteiger partial charge in [0.2, 0.25) is 5.91 Å².